The molecule has 1 saturated heterocycles. The van der Waals surface area contributed by atoms with Crippen LogP contribution in [0.3, 0.4) is 0 Å². The quantitative estimate of drug-likeness (QED) is 0.862. The molecular formula is C19H26ClN5O. The number of halogens is 1. The highest BCUT2D eigenvalue weighted by Crippen LogP contribution is 2.42. The van der Waals surface area contributed by atoms with Gasteiger partial charge in [0.05, 0.1) is 0 Å². The van der Waals surface area contributed by atoms with Gasteiger partial charge in [0.2, 0.25) is 5.96 Å². The summed E-state index contributed by atoms with van der Waals surface area (Å²) in [4.78, 5) is 14.4. The number of aliphatic imine (C=N–C) groups is 2. The van der Waals surface area contributed by atoms with Gasteiger partial charge >= 0.3 is 0 Å². The number of hydrogen-bond donors (Lipinski definition) is 1. The minimum Gasteiger partial charge on any atom is -0.479 e. The third kappa shape index (κ3) is 3.40. The monoisotopic (exact) mass is 375 g/mol. The van der Waals surface area contributed by atoms with Gasteiger partial charge < -0.3 is 19.9 Å². The number of ether oxygens (including phenoxy) is 1. The first-order valence-electron chi connectivity index (χ1n) is 9.31. The molecule has 0 saturated carbocycles. The second-order valence-corrected chi connectivity index (χ2v) is 8.09. The van der Waals surface area contributed by atoms with Crippen LogP contribution in [0.1, 0.15) is 25.5 Å². The van der Waals surface area contributed by atoms with Crippen LogP contribution in [0.4, 0.5) is 0 Å². The molecule has 0 bridgehead atoms. The van der Waals surface area contributed by atoms with Gasteiger partial charge in [-0.25, -0.2) is 4.99 Å². The summed E-state index contributed by atoms with van der Waals surface area (Å²) in [5.41, 5.74) is 1.05. The molecule has 3 heterocycles. The molecule has 4 rings (SSSR count). The fraction of sp³-hybridized carbons (Fsp3) is 0.579. The summed E-state index contributed by atoms with van der Waals surface area (Å²) in [5.74, 6) is 3.07. The van der Waals surface area contributed by atoms with E-state index in [4.69, 9.17) is 26.3 Å². The molecule has 26 heavy (non-hydrogen) atoms. The van der Waals surface area contributed by atoms with Gasteiger partial charge in [-0.2, -0.15) is 4.99 Å². The van der Waals surface area contributed by atoms with Crippen molar-refractivity contribution in [3.63, 3.8) is 0 Å². The Kier molecular flexibility index (Phi) is 4.80. The number of amidine groups is 1. The first-order valence-corrected chi connectivity index (χ1v) is 9.69. The van der Waals surface area contributed by atoms with Crippen molar-refractivity contribution in [2.24, 2.45) is 15.9 Å². The molecule has 0 aliphatic carbocycles. The van der Waals surface area contributed by atoms with Crippen LogP contribution in [-0.2, 0) is 0 Å². The first-order chi connectivity index (χ1) is 12.5. The second-order valence-electron chi connectivity index (χ2n) is 7.65. The van der Waals surface area contributed by atoms with Crippen molar-refractivity contribution in [2.75, 3.05) is 39.8 Å². The summed E-state index contributed by atoms with van der Waals surface area (Å²) in [5, 5.41) is 4.11. The van der Waals surface area contributed by atoms with E-state index in [2.05, 4.69) is 36.0 Å². The SMILES string of the molecule is CC(C)CNC1=NC2c3cc(Cl)ccc3OC2C(N2CCN(C)CC2)=N1. The number of likely N-dealkylation sites (N-methyl/N-ethyl adjacent to an activating group) is 1. The van der Waals surface area contributed by atoms with Crippen LogP contribution in [0.5, 0.6) is 5.75 Å². The Hall–Kier alpha value is -1.79. The third-order valence-corrected chi connectivity index (χ3v) is 5.30. The number of guanidine groups is 1. The Morgan fingerprint density at radius 2 is 2.04 bits per heavy atom. The zero-order valence-corrected chi connectivity index (χ0v) is 16.3. The van der Waals surface area contributed by atoms with Gasteiger partial charge in [0, 0.05) is 43.3 Å². The van der Waals surface area contributed by atoms with Gasteiger partial charge in [0.1, 0.15) is 11.8 Å². The standard InChI is InChI=1S/C19H26ClN5O/c1-12(2)11-21-19-22-16-14-10-13(20)4-5-15(14)26-17(16)18(23-19)25-8-6-24(3)7-9-25/h4-5,10,12,16-17H,6-9,11H2,1-3H3,(H,21,22). The van der Waals surface area contributed by atoms with Gasteiger partial charge in [0.15, 0.2) is 11.9 Å². The molecule has 7 heteroatoms. The summed E-state index contributed by atoms with van der Waals surface area (Å²) in [6.45, 7) is 9.17. The van der Waals surface area contributed by atoms with Gasteiger partial charge in [-0.15, -0.1) is 0 Å². The lowest BCUT2D eigenvalue weighted by Crippen LogP contribution is -2.53. The Morgan fingerprint density at radius 3 is 2.77 bits per heavy atom. The number of nitrogens with one attached hydrogen (secondary N) is 1. The molecule has 140 valence electrons. The van der Waals surface area contributed by atoms with E-state index in [1.165, 1.54) is 0 Å². The van der Waals surface area contributed by atoms with E-state index < -0.39 is 0 Å². The molecule has 1 fully saturated rings. The molecule has 6 nitrogen and oxygen atoms in total. The Balaban J connectivity index is 1.65. The predicted molar refractivity (Wildman–Crippen MR) is 105 cm³/mol. The van der Waals surface area contributed by atoms with Crippen molar-refractivity contribution >= 4 is 23.4 Å². The molecule has 0 amide bonds. The molecule has 0 spiro atoms. The average molecular weight is 376 g/mol. The van der Waals surface area contributed by atoms with Crippen LogP contribution in [0.2, 0.25) is 5.02 Å². The topological polar surface area (TPSA) is 52.5 Å². The lowest BCUT2D eigenvalue weighted by Gasteiger charge is -2.38. The van der Waals surface area contributed by atoms with Crippen molar-refractivity contribution in [3.8, 4) is 5.75 Å². The molecule has 1 N–H and O–H groups in total. The smallest absolute Gasteiger partial charge is 0.220 e. The van der Waals surface area contributed by atoms with Crippen molar-refractivity contribution in [3.05, 3.63) is 28.8 Å². The van der Waals surface area contributed by atoms with Crippen molar-refractivity contribution in [2.45, 2.75) is 26.0 Å². The van der Waals surface area contributed by atoms with Gasteiger partial charge in [-0.05, 0) is 31.2 Å². The second kappa shape index (κ2) is 7.08. The van der Waals surface area contributed by atoms with Crippen molar-refractivity contribution in [1.82, 2.24) is 15.1 Å². The van der Waals surface area contributed by atoms with E-state index in [9.17, 15) is 0 Å². The molecular weight excluding hydrogens is 350 g/mol. The lowest BCUT2D eigenvalue weighted by atomic mass is 10.0. The van der Waals surface area contributed by atoms with E-state index in [0.29, 0.717) is 16.9 Å². The van der Waals surface area contributed by atoms with E-state index in [0.717, 1.165) is 49.9 Å². The van der Waals surface area contributed by atoms with Gasteiger partial charge in [-0.3, -0.25) is 0 Å². The fourth-order valence-corrected chi connectivity index (χ4v) is 3.73. The van der Waals surface area contributed by atoms with Crippen LogP contribution in [0, 0.1) is 5.92 Å². The molecule has 0 aromatic heterocycles. The predicted octanol–water partition coefficient (Wildman–Crippen LogP) is 2.40. The normalized spacial score (nSPS) is 25.3. The summed E-state index contributed by atoms with van der Waals surface area (Å²) in [7, 11) is 2.16. The van der Waals surface area contributed by atoms with Crippen LogP contribution < -0.4 is 10.1 Å². The molecule has 1 aromatic rings. The van der Waals surface area contributed by atoms with Crippen LogP contribution in [0.25, 0.3) is 0 Å². The zero-order valence-electron chi connectivity index (χ0n) is 15.6. The van der Waals surface area contributed by atoms with Crippen LogP contribution >= 0.6 is 11.6 Å². The maximum atomic E-state index is 6.25. The maximum Gasteiger partial charge on any atom is 0.220 e. The van der Waals surface area contributed by atoms with Crippen molar-refractivity contribution < 1.29 is 4.74 Å². The number of benzene rings is 1. The third-order valence-electron chi connectivity index (χ3n) is 5.06. The van der Waals surface area contributed by atoms with E-state index in [1.807, 2.05) is 18.2 Å². The molecule has 2 atom stereocenters. The number of piperazine rings is 1. The first kappa shape index (κ1) is 17.6. The highest BCUT2D eigenvalue weighted by Gasteiger charge is 2.43. The summed E-state index contributed by atoms with van der Waals surface area (Å²) in [6, 6.07) is 5.68. The highest BCUT2D eigenvalue weighted by molar-refractivity contribution is 6.30. The molecule has 3 aliphatic heterocycles. The van der Waals surface area contributed by atoms with Crippen LogP contribution in [-0.4, -0.2) is 67.5 Å². The minimum absolute atomic E-state index is 0.0921. The Bertz CT molecular complexity index is 739. The Morgan fingerprint density at radius 1 is 1.27 bits per heavy atom. The molecule has 1 aromatic carbocycles. The van der Waals surface area contributed by atoms with E-state index in [-0.39, 0.29) is 12.1 Å². The largest absolute Gasteiger partial charge is 0.479 e. The number of hydrogen-bond acceptors (Lipinski definition) is 6. The summed E-state index contributed by atoms with van der Waals surface area (Å²) < 4.78 is 6.25. The number of rotatable bonds is 2. The van der Waals surface area contributed by atoms with E-state index in [1.54, 1.807) is 0 Å². The van der Waals surface area contributed by atoms with E-state index >= 15 is 0 Å². The van der Waals surface area contributed by atoms with Crippen LogP contribution in [0.15, 0.2) is 28.2 Å². The minimum atomic E-state index is -0.170. The molecule has 0 radical (unpaired) electrons. The summed E-state index contributed by atoms with van der Waals surface area (Å²) >= 11 is 6.23. The number of nitrogens with zero attached hydrogens (tertiary/aromatic N) is 4. The zero-order chi connectivity index (χ0) is 18.3. The lowest BCUT2D eigenvalue weighted by molar-refractivity contribution is 0.189. The molecule has 3 aliphatic rings. The summed E-state index contributed by atoms with van der Waals surface area (Å²) in [6.07, 6.45) is -0.170. The fourth-order valence-electron chi connectivity index (χ4n) is 3.55. The average Bonchev–Trinajstić information content (AvgIpc) is 2.98. The Labute approximate surface area is 159 Å². The van der Waals surface area contributed by atoms with Crippen molar-refractivity contribution in [1.29, 1.82) is 0 Å². The maximum absolute atomic E-state index is 6.25. The number of fused-ring (bicyclic) bond motifs is 3. The highest BCUT2D eigenvalue weighted by atomic mass is 35.5. The van der Waals surface area contributed by atoms with Gasteiger partial charge in [0.25, 0.3) is 0 Å². The van der Waals surface area contributed by atoms with Gasteiger partial charge in [-0.1, -0.05) is 25.4 Å². The molecule has 2 unspecified atom stereocenters.